The molecule has 5 rings (SSSR count). The molecule has 1 aliphatic carbocycles. The molecular formula is C38H46O6P2. The summed E-state index contributed by atoms with van der Waals surface area (Å²) in [5, 5.41) is 4.44. The molecule has 1 fully saturated rings. The third-order valence-electron chi connectivity index (χ3n) is 7.80. The molecule has 0 amide bonds. The lowest BCUT2D eigenvalue weighted by atomic mass is 9.84. The lowest BCUT2D eigenvalue weighted by Crippen LogP contribution is -2.67. The normalized spacial score (nSPS) is 23.2. The van der Waals surface area contributed by atoms with Gasteiger partial charge in [-0.1, -0.05) is 121 Å². The second kappa shape index (κ2) is 18.2. The van der Waals surface area contributed by atoms with Gasteiger partial charge >= 0.3 is 0 Å². The Bertz CT molecular complexity index is 1210. The average molecular weight is 661 g/mol. The lowest BCUT2D eigenvalue weighted by molar-refractivity contribution is -0.251. The topological polar surface area (TPSA) is 55.4 Å². The van der Waals surface area contributed by atoms with E-state index in [1.165, 1.54) is 0 Å². The maximum atomic E-state index is 7.40. The molecule has 0 saturated heterocycles. The third kappa shape index (κ3) is 8.50. The molecule has 0 aromatic heterocycles. The largest absolute Gasteiger partial charge is 0.373 e. The van der Waals surface area contributed by atoms with Gasteiger partial charge in [-0.15, -0.1) is 0 Å². The quantitative estimate of drug-likeness (QED) is 0.128. The summed E-state index contributed by atoms with van der Waals surface area (Å²) in [6.07, 6.45) is -2.85. The molecule has 0 N–H and O–H groups in total. The predicted molar refractivity (Wildman–Crippen MR) is 190 cm³/mol. The van der Waals surface area contributed by atoms with Crippen LogP contribution in [0.1, 0.15) is 27.7 Å². The van der Waals surface area contributed by atoms with Crippen molar-refractivity contribution in [1.29, 1.82) is 0 Å². The summed E-state index contributed by atoms with van der Waals surface area (Å²) in [6.45, 7) is 10.0. The van der Waals surface area contributed by atoms with Gasteiger partial charge in [-0.25, -0.2) is 0 Å². The first-order valence-electron chi connectivity index (χ1n) is 16.3. The summed E-state index contributed by atoms with van der Waals surface area (Å²) >= 11 is 0. The fourth-order valence-corrected chi connectivity index (χ4v) is 9.75. The van der Waals surface area contributed by atoms with Crippen molar-refractivity contribution in [1.82, 2.24) is 0 Å². The van der Waals surface area contributed by atoms with Crippen LogP contribution in [0.15, 0.2) is 121 Å². The van der Waals surface area contributed by atoms with Gasteiger partial charge in [0.1, 0.15) is 36.6 Å². The molecule has 4 aromatic rings. The minimum atomic E-state index is -1.25. The van der Waals surface area contributed by atoms with Crippen molar-refractivity contribution >= 4 is 37.5 Å². The molecule has 0 heterocycles. The van der Waals surface area contributed by atoms with Gasteiger partial charge in [-0.2, -0.15) is 0 Å². The highest BCUT2D eigenvalue weighted by atomic mass is 31.1. The molecule has 4 aromatic carbocycles. The van der Waals surface area contributed by atoms with Gasteiger partial charge in [0.2, 0.25) is 0 Å². The SMILES string of the molecule is CCO[C@@H]1[C@@H](OCC)[C@@H](OCC)[C@H](OP(c2ccccc2)c2ccccc2)[C@@H](OP(c2ccccc2)c2ccccc2)[C@@H]1OCC. The number of rotatable bonds is 16. The highest BCUT2D eigenvalue weighted by Gasteiger charge is 2.56. The zero-order chi connectivity index (χ0) is 32.1. The summed E-state index contributed by atoms with van der Waals surface area (Å²) in [5.74, 6) is 0. The first kappa shape index (κ1) is 34.8. The van der Waals surface area contributed by atoms with E-state index >= 15 is 0 Å². The zero-order valence-corrected chi connectivity index (χ0v) is 29.0. The first-order valence-corrected chi connectivity index (χ1v) is 18.8. The van der Waals surface area contributed by atoms with Crippen LogP contribution < -0.4 is 21.2 Å². The minimum Gasteiger partial charge on any atom is -0.373 e. The van der Waals surface area contributed by atoms with Gasteiger partial charge in [0.25, 0.3) is 0 Å². The van der Waals surface area contributed by atoms with Crippen LogP contribution in [0.3, 0.4) is 0 Å². The van der Waals surface area contributed by atoms with Crippen molar-refractivity contribution in [2.45, 2.75) is 64.3 Å². The van der Waals surface area contributed by atoms with Crippen LogP contribution in [0.5, 0.6) is 0 Å². The fourth-order valence-electron chi connectivity index (χ4n) is 5.93. The van der Waals surface area contributed by atoms with Crippen LogP contribution in [0.4, 0.5) is 0 Å². The van der Waals surface area contributed by atoms with Crippen LogP contribution >= 0.6 is 16.3 Å². The maximum absolute atomic E-state index is 7.40. The molecule has 244 valence electrons. The Balaban J connectivity index is 1.67. The van der Waals surface area contributed by atoms with Crippen LogP contribution in [0, 0.1) is 0 Å². The highest BCUT2D eigenvalue weighted by molar-refractivity contribution is 7.69. The van der Waals surface area contributed by atoms with Crippen molar-refractivity contribution in [3.63, 3.8) is 0 Å². The average Bonchev–Trinajstić information content (AvgIpc) is 3.11. The summed E-state index contributed by atoms with van der Waals surface area (Å²) in [7, 11) is -2.51. The molecule has 1 saturated carbocycles. The van der Waals surface area contributed by atoms with E-state index in [-0.39, 0.29) is 0 Å². The lowest BCUT2D eigenvalue weighted by Gasteiger charge is -2.50. The Morgan fingerprint density at radius 2 is 0.565 bits per heavy atom. The van der Waals surface area contributed by atoms with Crippen LogP contribution in [0.2, 0.25) is 0 Å². The van der Waals surface area contributed by atoms with Crippen LogP contribution in [-0.2, 0) is 28.0 Å². The molecule has 0 bridgehead atoms. The van der Waals surface area contributed by atoms with Crippen molar-refractivity contribution in [2.24, 2.45) is 0 Å². The maximum Gasteiger partial charge on any atom is 0.121 e. The standard InChI is InChI=1S/C38H46O6P2/c1-5-39-33-34(40-6-2)36(42-8-4)38(44-46(31-25-17-11-18-26-31)32-27-19-12-20-28-32)37(35(33)41-7-3)43-45(29-21-13-9-14-22-29)30-23-15-10-16-24-30/h9-28,33-38H,5-8H2,1-4H3/t33-,34-,35-,36-,37+,38+/m1/s1. The number of benzene rings is 4. The summed E-state index contributed by atoms with van der Waals surface area (Å²) in [4.78, 5) is 0. The number of hydrogen-bond acceptors (Lipinski definition) is 6. The second-order valence-corrected chi connectivity index (χ2v) is 14.4. The van der Waals surface area contributed by atoms with Gasteiger partial charge < -0.3 is 28.0 Å². The molecule has 46 heavy (non-hydrogen) atoms. The minimum absolute atomic E-state index is 0.422. The summed E-state index contributed by atoms with van der Waals surface area (Å²) < 4.78 is 41.0. The van der Waals surface area contributed by atoms with Crippen LogP contribution in [-0.4, -0.2) is 63.1 Å². The molecule has 8 heteroatoms. The van der Waals surface area contributed by atoms with Crippen LogP contribution in [0.25, 0.3) is 0 Å². The Morgan fingerprint density at radius 3 is 0.783 bits per heavy atom. The van der Waals surface area contributed by atoms with Crippen molar-refractivity contribution < 1.29 is 28.0 Å². The van der Waals surface area contributed by atoms with Gasteiger partial charge in [-0.05, 0) is 27.7 Å². The van der Waals surface area contributed by atoms with Crippen molar-refractivity contribution in [3.05, 3.63) is 121 Å². The van der Waals surface area contributed by atoms with E-state index < -0.39 is 52.9 Å². The predicted octanol–water partition coefficient (Wildman–Crippen LogP) is 6.49. The smallest absolute Gasteiger partial charge is 0.121 e. The van der Waals surface area contributed by atoms with E-state index in [4.69, 9.17) is 28.0 Å². The monoisotopic (exact) mass is 660 g/mol. The Labute approximate surface area is 277 Å². The van der Waals surface area contributed by atoms with E-state index in [1.807, 2.05) is 52.0 Å². The van der Waals surface area contributed by atoms with Crippen molar-refractivity contribution in [3.8, 4) is 0 Å². The zero-order valence-electron chi connectivity index (χ0n) is 27.2. The highest BCUT2D eigenvalue weighted by Crippen LogP contribution is 2.47. The Hall–Kier alpha value is -2.50. The molecule has 6 atom stereocenters. The molecule has 1 aliphatic rings. The fraction of sp³-hybridized carbons (Fsp3) is 0.368. The molecule has 0 spiro atoms. The Kier molecular flexibility index (Phi) is 13.7. The van der Waals surface area contributed by atoms with E-state index in [0.717, 1.165) is 21.2 Å². The molecule has 0 unspecified atom stereocenters. The van der Waals surface area contributed by atoms with Gasteiger partial charge in [0.05, 0.1) is 16.3 Å². The summed E-state index contributed by atoms with van der Waals surface area (Å²) in [5.41, 5.74) is 0. The number of ether oxygens (including phenoxy) is 4. The van der Waals surface area contributed by atoms with Gasteiger partial charge in [0, 0.05) is 47.6 Å². The first-order chi connectivity index (χ1) is 22.7. The van der Waals surface area contributed by atoms with E-state index in [1.54, 1.807) is 0 Å². The van der Waals surface area contributed by atoms with E-state index in [9.17, 15) is 0 Å². The van der Waals surface area contributed by atoms with E-state index in [0.29, 0.717) is 26.4 Å². The summed E-state index contributed by atoms with van der Waals surface area (Å²) in [6, 6.07) is 41.7. The van der Waals surface area contributed by atoms with Crippen molar-refractivity contribution in [2.75, 3.05) is 26.4 Å². The molecule has 0 radical (unpaired) electrons. The third-order valence-corrected chi connectivity index (χ3v) is 11.8. The second-order valence-electron chi connectivity index (χ2n) is 10.8. The van der Waals surface area contributed by atoms with E-state index in [2.05, 4.69) is 97.1 Å². The van der Waals surface area contributed by atoms with Gasteiger partial charge in [-0.3, -0.25) is 0 Å². The number of hydrogen-bond donors (Lipinski definition) is 0. The Morgan fingerprint density at radius 1 is 0.348 bits per heavy atom. The molecule has 0 aliphatic heterocycles. The molecular weight excluding hydrogens is 614 g/mol. The van der Waals surface area contributed by atoms with Gasteiger partial charge in [0.15, 0.2) is 0 Å². The molecule has 6 nitrogen and oxygen atoms in total.